The van der Waals surface area contributed by atoms with Gasteiger partial charge in [0.2, 0.25) is 0 Å². The maximum absolute atomic E-state index is 11.7. The molecule has 1 N–H and O–H groups in total. The number of hydrogen-bond acceptors (Lipinski definition) is 9. The molecular weight excluding hydrogens is 374 g/mol. The first kappa shape index (κ1) is 20.2. The highest BCUT2D eigenvalue weighted by Gasteiger charge is 2.24. The molecule has 0 radical (unpaired) electrons. The van der Waals surface area contributed by atoms with Gasteiger partial charge in [-0.1, -0.05) is 0 Å². The van der Waals surface area contributed by atoms with Crippen LogP contribution >= 0.6 is 11.8 Å². The van der Waals surface area contributed by atoms with Crippen LogP contribution in [0.1, 0.15) is 18.1 Å². The maximum atomic E-state index is 11.7. The van der Waals surface area contributed by atoms with Gasteiger partial charge in [0.05, 0.1) is 25.3 Å². The lowest BCUT2D eigenvalue weighted by atomic mass is 10.1. The van der Waals surface area contributed by atoms with Crippen LogP contribution in [0.5, 0.6) is 5.75 Å². The molecule has 0 atom stereocenters. The average Bonchev–Trinajstić information content (AvgIpc) is 2.99. The van der Waals surface area contributed by atoms with Crippen molar-refractivity contribution >= 4 is 41.0 Å². The molecule has 2 rings (SSSR count). The molecule has 1 aromatic carbocycles. The fourth-order valence-corrected chi connectivity index (χ4v) is 2.70. The standard InChI is InChI=1S/C17H17N3O6S/c1-10(21)26-9-12-6-11(4-5-13(12)24-2)8-18-20-17-19-16(23)14(27-17)7-15(22)25-3/h4-8H,9H2,1-3H3,(H,19,20,23)/b14-7+,18-8?. The summed E-state index contributed by atoms with van der Waals surface area (Å²) in [6.45, 7) is 1.40. The molecule has 0 spiro atoms. The number of methoxy groups -OCH3 is 2. The molecule has 0 bridgehead atoms. The number of carbonyl (C=O) groups is 3. The lowest BCUT2D eigenvalue weighted by molar-refractivity contribution is -0.142. The van der Waals surface area contributed by atoms with Gasteiger partial charge in [-0.05, 0) is 35.5 Å². The number of hydrogen-bond donors (Lipinski definition) is 1. The first-order valence-corrected chi connectivity index (χ1v) is 8.44. The van der Waals surface area contributed by atoms with Gasteiger partial charge in [0, 0.05) is 18.6 Å². The Kier molecular flexibility index (Phi) is 7.12. The molecule has 0 saturated carbocycles. The van der Waals surface area contributed by atoms with E-state index >= 15 is 0 Å². The number of thioether (sulfide) groups is 1. The number of rotatable bonds is 6. The van der Waals surface area contributed by atoms with E-state index < -0.39 is 17.8 Å². The van der Waals surface area contributed by atoms with Crippen molar-refractivity contribution in [2.75, 3.05) is 14.2 Å². The third-order valence-electron chi connectivity index (χ3n) is 3.19. The van der Waals surface area contributed by atoms with E-state index in [0.717, 1.165) is 17.8 Å². The normalized spacial score (nSPS) is 16.6. The van der Waals surface area contributed by atoms with Gasteiger partial charge in [-0.2, -0.15) is 5.10 Å². The Balaban J connectivity index is 2.09. The lowest BCUT2D eigenvalue weighted by Gasteiger charge is -2.09. The van der Waals surface area contributed by atoms with E-state index in [4.69, 9.17) is 9.47 Å². The summed E-state index contributed by atoms with van der Waals surface area (Å²) in [4.78, 5) is 34.1. The number of esters is 2. The van der Waals surface area contributed by atoms with E-state index in [9.17, 15) is 14.4 Å². The Morgan fingerprint density at radius 3 is 2.74 bits per heavy atom. The van der Waals surface area contributed by atoms with E-state index in [0.29, 0.717) is 16.9 Å². The van der Waals surface area contributed by atoms with Gasteiger partial charge in [-0.3, -0.25) is 14.9 Å². The molecule has 9 nitrogen and oxygen atoms in total. The molecule has 0 aliphatic carbocycles. The second-order valence-electron chi connectivity index (χ2n) is 5.09. The summed E-state index contributed by atoms with van der Waals surface area (Å²) in [5.74, 6) is -0.897. The highest BCUT2D eigenvalue weighted by molar-refractivity contribution is 8.18. The summed E-state index contributed by atoms with van der Waals surface area (Å²) >= 11 is 0.977. The summed E-state index contributed by atoms with van der Waals surface area (Å²) in [5.41, 5.74) is 1.37. The van der Waals surface area contributed by atoms with Crippen molar-refractivity contribution in [2.45, 2.75) is 13.5 Å². The molecule has 1 aliphatic heterocycles. The number of ether oxygens (including phenoxy) is 3. The van der Waals surface area contributed by atoms with Gasteiger partial charge in [-0.15, -0.1) is 5.10 Å². The van der Waals surface area contributed by atoms with E-state index in [1.54, 1.807) is 18.2 Å². The van der Waals surface area contributed by atoms with Crippen molar-refractivity contribution < 1.29 is 28.6 Å². The minimum absolute atomic E-state index is 0.0717. The zero-order valence-corrected chi connectivity index (χ0v) is 15.7. The summed E-state index contributed by atoms with van der Waals surface area (Å²) in [5, 5.41) is 10.6. The summed E-state index contributed by atoms with van der Waals surface area (Å²) < 4.78 is 14.7. The number of nitrogens with zero attached hydrogens (tertiary/aromatic N) is 2. The zero-order chi connectivity index (χ0) is 19.8. The van der Waals surface area contributed by atoms with E-state index in [2.05, 4.69) is 20.3 Å². The third-order valence-corrected chi connectivity index (χ3v) is 4.09. The van der Waals surface area contributed by atoms with E-state index in [1.165, 1.54) is 27.4 Å². The smallest absolute Gasteiger partial charge is 0.331 e. The zero-order valence-electron chi connectivity index (χ0n) is 14.8. The minimum atomic E-state index is -0.629. The van der Waals surface area contributed by atoms with Gasteiger partial charge in [0.1, 0.15) is 12.4 Å². The van der Waals surface area contributed by atoms with Crippen molar-refractivity contribution in [1.29, 1.82) is 0 Å². The van der Waals surface area contributed by atoms with Gasteiger partial charge < -0.3 is 14.2 Å². The number of nitrogens with one attached hydrogen (secondary N) is 1. The van der Waals surface area contributed by atoms with Crippen LogP contribution in [0, 0.1) is 0 Å². The molecule has 1 heterocycles. The summed E-state index contributed by atoms with van der Waals surface area (Å²) in [7, 11) is 2.74. The Hall–Kier alpha value is -3.14. The van der Waals surface area contributed by atoms with Gasteiger partial charge in [0.15, 0.2) is 5.17 Å². The highest BCUT2D eigenvalue weighted by Crippen LogP contribution is 2.23. The third kappa shape index (κ3) is 5.96. The van der Waals surface area contributed by atoms with Gasteiger partial charge in [0.25, 0.3) is 5.91 Å². The largest absolute Gasteiger partial charge is 0.496 e. The quantitative estimate of drug-likeness (QED) is 0.337. The van der Waals surface area contributed by atoms with Crippen molar-refractivity contribution in [3.63, 3.8) is 0 Å². The van der Waals surface area contributed by atoms with Crippen LogP contribution in [-0.4, -0.2) is 43.4 Å². The molecule has 1 saturated heterocycles. The van der Waals surface area contributed by atoms with Crippen LogP contribution in [0.25, 0.3) is 0 Å². The van der Waals surface area contributed by atoms with Crippen molar-refractivity contribution in [1.82, 2.24) is 5.32 Å². The maximum Gasteiger partial charge on any atom is 0.331 e. The summed E-state index contributed by atoms with van der Waals surface area (Å²) in [6, 6.07) is 5.22. The minimum Gasteiger partial charge on any atom is -0.496 e. The van der Waals surface area contributed by atoms with Crippen LogP contribution in [0.15, 0.2) is 39.4 Å². The van der Waals surface area contributed by atoms with E-state index in [1.807, 2.05) is 0 Å². The molecule has 0 aromatic heterocycles. The number of benzene rings is 1. The SMILES string of the molecule is COC(=O)/C=C1/S/C(=N\N=Cc2ccc(OC)c(COC(C)=O)c2)NC1=O. The molecule has 0 unspecified atom stereocenters. The topological polar surface area (TPSA) is 116 Å². The summed E-state index contributed by atoms with van der Waals surface area (Å²) in [6.07, 6.45) is 2.55. The van der Waals surface area contributed by atoms with Crippen molar-refractivity contribution in [2.24, 2.45) is 10.2 Å². The molecule has 1 amide bonds. The molecule has 1 aromatic rings. The fourth-order valence-electron chi connectivity index (χ4n) is 1.96. The van der Waals surface area contributed by atoms with Gasteiger partial charge in [-0.25, -0.2) is 4.79 Å². The van der Waals surface area contributed by atoms with E-state index in [-0.39, 0.29) is 16.7 Å². The Morgan fingerprint density at radius 2 is 2.07 bits per heavy atom. The monoisotopic (exact) mass is 391 g/mol. The molecule has 10 heteroatoms. The van der Waals surface area contributed by atoms with Crippen LogP contribution in [0.3, 0.4) is 0 Å². The number of amidine groups is 1. The Morgan fingerprint density at radius 1 is 1.30 bits per heavy atom. The highest BCUT2D eigenvalue weighted by atomic mass is 32.2. The van der Waals surface area contributed by atoms with Crippen LogP contribution in [0.4, 0.5) is 0 Å². The molecule has 1 aliphatic rings. The molecule has 1 fully saturated rings. The number of carbonyl (C=O) groups excluding carboxylic acids is 3. The fraction of sp³-hybridized carbons (Fsp3) is 0.235. The predicted molar refractivity (Wildman–Crippen MR) is 99.3 cm³/mol. The van der Waals surface area contributed by atoms with Crippen molar-refractivity contribution in [3.05, 3.63) is 40.3 Å². The molecule has 142 valence electrons. The second kappa shape index (κ2) is 9.53. The second-order valence-corrected chi connectivity index (χ2v) is 6.12. The first-order chi connectivity index (χ1) is 12.9. The number of amides is 1. The van der Waals surface area contributed by atoms with Crippen molar-refractivity contribution in [3.8, 4) is 5.75 Å². The van der Waals surface area contributed by atoms with Crippen LogP contribution < -0.4 is 10.1 Å². The molecule has 27 heavy (non-hydrogen) atoms. The van der Waals surface area contributed by atoms with Crippen LogP contribution in [-0.2, 0) is 30.5 Å². The Labute approximate surface area is 159 Å². The predicted octanol–water partition coefficient (Wildman–Crippen LogP) is 1.37. The molecular formula is C17H17N3O6S. The van der Waals surface area contributed by atoms with Gasteiger partial charge >= 0.3 is 11.9 Å². The first-order valence-electron chi connectivity index (χ1n) is 7.63. The lowest BCUT2D eigenvalue weighted by Crippen LogP contribution is -2.19. The Bertz CT molecular complexity index is 847. The van der Waals surface area contributed by atoms with Crippen LogP contribution in [0.2, 0.25) is 0 Å². The average molecular weight is 391 g/mol.